The third-order valence-electron chi connectivity index (χ3n) is 6.33. The number of carbonyl (C=O) groups excluding carboxylic acids is 1. The van der Waals surface area contributed by atoms with Crippen LogP contribution in [-0.2, 0) is 6.18 Å². The number of benzene rings is 3. The van der Waals surface area contributed by atoms with Gasteiger partial charge in [0.15, 0.2) is 0 Å². The molecule has 1 N–H and O–H groups in total. The van der Waals surface area contributed by atoms with Crippen molar-refractivity contribution in [2.75, 3.05) is 36.4 Å². The summed E-state index contributed by atoms with van der Waals surface area (Å²) in [6.07, 6.45) is -1.91. The summed E-state index contributed by atoms with van der Waals surface area (Å²) in [6, 6.07) is 18.2. The maximum Gasteiger partial charge on any atom is 0.419 e. The maximum atomic E-state index is 13.7. The van der Waals surface area contributed by atoms with Gasteiger partial charge >= 0.3 is 12.2 Å². The summed E-state index contributed by atoms with van der Waals surface area (Å²) in [4.78, 5) is 17.0. The van der Waals surface area contributed by atoms with Crippen molar-refractivity contribution in [3.8, 4) is 17.2 Å². The van der Waals surface area contributed by atoms with Crippen molar-refractivity contribution in [3.63, 3.8) is 0 Å². The Balaban J connectivity index is 1.55. The van der Waals surface area contributed by atoms with Crippen molar-refractivity contribution in [3.05, 3.63) is 83.7 Å². The molecule has 0 bridgehead atoms. The van der Waals surface area contributed by atoms with Crippen LogP contribution in [0.1, 0.15) is 30.4 Å². The maximum absolute atomic E-state index is 13.7. The summed E-state index contributed by atoms with van der Waals surface area (Å²) in [5.41, 5.74) is 1.22. The number of rotatable bonds is 7. The molecular formula is C28H26F4N4O. The summed E-state index contributed by atoms with van der Waals surface area (Å²) in [5.74, 6) is -1.40. The summed E-state index contributed by atoms with van der Waals surface area (Å²) >= 11 is 0. The van der Waals surface area contributed by atoms with Gasteiger partial charge in [-0.25, -0.2) is 9.18 Å². The molecule has 37 heavy (non-hydrogen) atoms. The predicted octanol–water partition coefficient (Wildman–Crippen LogP) is 6.91. The molecule has 192 valence electrons. The van der Waals surface area contributed by atoms with Gasteiger partial charge in [0.25, 0.3) is 0 Å². The number of hydrogen-bond donors (Lipinski definition) is 1. The first-order valence-corrected chi connectivity index (χ1v) is 12.0. The van der Waals surface area contributed by atoms with Crippen LogP contribution in [-0.4, -0.2) is 37.1 Å². The zero-order valence-corrected chi connectivity index (χ0v) is 20.1. The Kier molecular flexibility index (Phi) is 8.09. The van der Waals surface area contributed by atoms with E-state index in [-0.39, 0.29) is 5.69 Å². The monoisotopic (exact) mass is 510 g/mol. The van der Waals surface area contributed by atoms with Crippen molar-refractivity contribution >= 4 is 17.4 Å². The van der Waals surface area contributed by atoms with Crippen LogP contribution in [0.2, 0.25) is 0 Å². The van der Waals surface area contributed by atoms with E-state index in [9.17, 15) is 22.4 Å². The van der Waals surface area contributed by atoms with Crippen LogP contribution in [0.4, 0.5) is 33.7 Å². The molecule has 0 spiro atoms. The number of nitriles is 1. The normalized spacial score (nSPS) is 13.8. The van der Waals surface area contributed by atoms with Crippen molar-refractivity contribution in [1.82, 2.24) is 4.90 Å². The van der Waals surface area contributed by atoms with Crippen molar-refractivity contribution < 1.29 is 22.4 Å². The number of carbonyl (C=O) groups is 1. The minimum atomic E-state index is -4.88. The van der Waals surface area contributed by atoms with E-state index in [4.69, 9.17) is 5.26 Å². The van der Waals surface area contributed by atoms with E-state index in [1.807, 2.05) is 18.2 Å². The van der Waals surface area contributed by atoms with Crippen LogP contribution in [0.15, 0.2) is 66.7 Å². The predicted molar refractivity (Wildman–Crippen MR) is 135 cm³/mol. The lowest BCUT2D eigenvalue weighted by molar-refractivity contribution is -0.139. The molecule has 1 heterocycles. The minimum Gasteiger partial charge on any atom is -0.308 e. The molecule has 0 saturated carbocycles. The highest BCUT2D eigenvalue weighted by Gasteiger charge is 2.34. The molecule has 1 saturated heterocycles. The van der Waals surface area contributed by atoms with Gasteiger partial charge in [-0.15, -0.1) is 0 Å². The Bertz CT molecular complexity index is 1280. The minimum absolute atomic E-state index is 0.145. The number of halogens is 4. The molecule has 1 aliphatic rings. The van der Waals surface area contributed by atoms with Crippen LogP contribution >= 0.6 is 0 Å². The SMILES string of the molecule is N#Cc1cccc(-c2ccc(N(CCCN3CCCC3)C(=O)Nc3ccc(F)c(C(F)(F)F)c3)cc2)c1. The lowest BCUT2D eigenvalue weighted by atomic mass is 10.0. The van der Waals surface area contributed by atoms with Gasteiger partial charge in [0.1, 0.15) is 5.82 Å². The molecule has 3 aromatic rings. The molecule has 1 fully saturated rings. The average molecular weight is 511 g/mol. The van der Waals surface area contributed by atoms with E-state index in [1.165, 1.54) is 4.90 Å². The molecule has 5 nitrogen and oxygen atoms in total. The molecule has 2 amide bonds. The number of nitrogens with zero attached hydrogens (tertiary/aromatic N) is 3. The van der Waals surface area contributed by atoms with Crippen LogP contribution < -0.4 is 10.2 Å². The highest BCUT2D eigenvalue weighted by molar-refractivity contribution is 6.01. The lowest BCUT2D eigenvalue weighted by Gasteiger charge is -2.25. The smallest absolute Gasteiger partial charge is 0.308 e. The van der Waals surface area contributed by atoms with Gasteiger partial charge in [-0.2, -0.15) is 18.4 Å². The molecule has 0 unspecified atom stereocenters. The molecule has 0 aliphatic carbocycles. The second-order valence-electron chi connectivity index (χ2n) is 8.92. The van der Waals surface area contributed by atoms with Crippen LogP contribution in [0, 0.1) is 17.1 Å². The first-order chi connectivity index (χ1) is 17.7. The van der Waals surface area contributed by atoms with Gasteiger partial charge in [0.2, 0.25) is 0 Å². The number of alkyl halides is 3. The standard InChI is InChI=1S/C28H26F4N4O/c29-26-12-9-23(18-25(26)28(30,31)32)34-27(37)36(16-4-15-35-13-1-2-14-35)24-10-7-21(8-11-24)22-6-3-5-20(17-22)19-33/h3,5-12,17-18H,1-2,4,13-16H2,(H,34,37). The van der Waals surface area contributed by atoms with E-state index in [2.05, 4.69) is 16.3 Å². The summed E-state index contributed by atoms with van der Waals surface area (Å²) in [7, 11) is 0. The second kappa shape index (κ2) is 11.4. The number of amides is 2. The summed E-state index contributed by atoms with van der Waals surface area (Å²) in [6.45, 7) is 3.17. The quantitative estimate of drug-likeness (QED) is 0.352. The van der Waals surface area contributed by atoms with Gasteiger partial charge in [-0.3, -0.25) is 4.90 Å². The lowest BCUT2D eigenvalue weighted by Crippen LogP contribution is -2.37. The third kappa shape index (κ3) is 6.66. The number of anilines is 2. The fourth-order valence-corrected chi connectivity index (χ4v) is 4.42. The van der Waals surface area contributed by atoms with Gasteiger partial charge in [0, 0.05) is 17.9 Å². The topological polar surface area (TPSA) is 59.4 Å². The Morgan fingerprint density at radius 2 is 1.73 bits per heavy atom. The summed E-state index contributed by atoms with van der Waals surface area (Å²) in [5, 5.41) is 11.6. The van der Waals surface area contributed by atoms with Gasteiger partial charge in [-0.1, -0.05) is 24.3 Å². The second-order valence-corrected chi connectivity index (χ2v) is 8.92. The number of nitrogens with one attached hydrogen (secondary N) is 1. The fraction of sp³-hybridized carbons (Fsp3) is 0.286. The Labute approximate surface area is 212 Å². The molecular weight excluding hydrogens is 484 g/mol. The average Bonchev–Trinajstić information content (AvgIpc) is 3.41. The molecule has 0 radical (unpaired) electrons. The van der Waals surface area contributed by atoms with E-state index in [1.54, 1.807) is 30.3 Å². The Morgan fingerprint density at radius 1 is 1.00 bits per heavy atom. The zero-order chi connectivity index (χ0) is 26.4. The highest BCUT2D eigenvalue weighted by atomic mass is 19.4. The van der Waals surface area contributed by atoms with E-state index < -0.39 is 23.6 Å². The zero-order valence-electron chi connectivity index (χ0n) is 20.1. The summed E-state index contributed by atoms with van der Waals surface area (Å²) < 4.78 is 53.1. The first-order valence-electron chi connectivity index (χ1n) is 12.0. The van der Waals surface area contributed by atoms with Crippen LogP contribution in [0.5, 0.6) is 0 Å². The van der Waals surface area contributed by atoms with E-state index in [0.29, 0.717) is 36.3 Å². The number of urea groups is 1. The molecule has 1 aliphatic heterocycles. The molecule has 3 aromatic carbocycles. The van der Waals surface area contributed by atoms with Gasteiger partial charge in [0.05, 0.1) is 17.2 Å². The van der Waals surface area contributed by atoms with Crippen molar-refractivity contribution in [2.45, 2.75) is 25.4 Å². The third-order valence-corrected chi connectivity index (χ3v) is 6.33. The van der Waals surface area contributed by atoms with E-state index in [0.717, 1.165) is 49.7 Å². The fourth-order valence-electron chi connectivity index (χ4n) is 4.42. The Morgan fingerprint density at radius 3 is 2.41 bits per heavy atom. The first kappa shape index (κ1) is 26.2. The van der Waals surface area contributed by atoms with Crippen molar-refractivity contribution in [1.29, 1.82) is 5.26 Å². The van der Waals surface area contributed by atoms with Gasteiger partial charge < -0.3 is 10.2 Å². The van der Waals surface area contributed by atoms with E-state index >= 15 is 0 Å². The highest BCUT2D eigenvalue weighted by Crippen LogP contribution is 2.33. The van der Waals surface area contributed by atoms with Gasteiger partial charge in [-0.05, 0) is 92.5 Å². The van der Waals surface area contributed by atoms with Crippen LogP contribution in [0.25, 0.3) is 11.1 Å². The Hall–Kier alpha value is -3.90. The molecule has 0 atom stereocenters. The largest absolute Gasteiger partial charge is 0.419 e. The number of likely N-dealkylation sites (tertiary alicyclic amines) is 1. The molecule has 0 aromatic heterocycles. The molecule has 4 rings (SSSR count). The van der Waals surface area contributed by atoms with Crippen LogP contribution in [0.3, 0.4) is 0 Å². The number of hydrogen-bond acceptors (Lipinski definition) is 3. The molecule has 9 heteroatoms. The van der Waals surface area contributed by atoms with Crippen molar-refractivity contribution in [2.24, 2.45) is 0 Å².